The molecule has 1 aliphatic heterocycles. The van der Waals surface area contributed by atoms with E-state index in [1.54, 1.807) is 35.8 Å². The molecule has 1 saturated heterocycles. The Labute approximate surface area is 147 Å². The summed E-state index contributed by atoms with van der Waals surface area (Å²) in [6.07, 6.45) is 1.74. The van der Waals surface area contributed by atoms with E-state index in [0.29, 0.717) is 50.1 Å². The maximum Gasteiger partial charge on any atom is 0.409 e. The van der Waals surface area contributed by atoms with Gasteiger partial charge in [-0.1, -0.05) is 0 Å². The van der Waals surface area contributed by atoms with Gasteiger partial charge in [0.05, 0.1) is 12.3 Å². The highest BCUT2D eigenvalue weighted by Gasteiger charge is 2.33. The molecule has 1 saturated carbocycles. The predicted octanol–water partition coefficient (Wildman–Crippen LogP) is 1.46. The zero-order valence-corrected chi connectivity index (χ0v) is 14.8. The molecule has 0 atom stereocenters. The van der Waals surface area contributed by atoms with E-state index in [0.717, 1.165) is 12.8 Å². The largest absolute Gasteiger partial charge is 0.450 e. The fraction of sp³-hybridized carbons (Fsp3) is 0.588. The first-order valence-corrected chi connectivity index (χ1v) is 8.74. The number of pyridine rings is 1. The fourth-order valence-electron chi connectivity index (χ4n) is 3.09. The molecule has 0 aromatic carbocycles. The molecule has 2 heterocycles. The van der Waals surface area contributed by atoms with E-state index in [4.69, 9.17) is 10.5 Å². The average Bonchev–Trinajstić information content (AvgIpc) is 3.41. The lowest BCUT2D eigenvalue weighted by Crippen LogP contribution is -2.49. The Morgan fingerprint density at radius 2 is 1.96 bits per heavy atom. The second-order valence-corrected chi connectivity index (χ2v) is 6.38. The Morgan fingerprint density at radius 1 is 1.28 bits per heavy atom. The number of piperazine rings is 1. The smallest absolute Gasteiger partial charge is 0.409 e. The van der Waals surface area contributed by atoms with Crippen molar-refractivity contribution in [2.24, 2.45) is 0 Å². The number of ether oxygens (including phenoxy) is 1. The molecule has 2 aliphatic rings. The first kappa shape index (κ1) is 17.3. The molecule has 8 heteroatoms. The number of nitrogens with two attached hydrogens (primary N) is 1. The Balaban J connectivity index is 1.73. The zero-order chi connectivity index (χ0) is 18.0. The van der Waals surface area contributed by atoms with E-state index in [1.807, 2.05) is 0 Å². The normalized spacial score (nSPS) is 17.4. The van der Waals surface area contributed by atoms with Crippen molar-refractivity contribution in [1.82, 2.24) is 9.88 Å². The van der Waals surface area contributed by atoms with Gasteiger partial charge >= 0.3 is 6.09 Å². The summed E-state index contributed by atoms with van der Waals surface area (Å²) >= 11 is 0. The number of nitrogen functional groups attached to an aromatic ring is 1. The lowest BCUT2D eigenvalue weighted by Gasteiger charge is -2.35. The van der Waals surface area contributed by atoms with Crippen molar-refractivity contribution < 1.29 is 14.3 Å². The van der Waals surface area contributed by atoms with Crippen LogP contribution in [0.3, 0.4) is 0 Å². The van der Waals surface area contributed by atoms with Crippen LogP contribution in [-0.4, -0.2) is 60.7 Å². The third kappa shape index (κ3) is 3.78. The van der Waals surface area contributed by atoms with Crippen molar-refractivity contribution in [3.8, 4) is 0 Å². The third-order valence-electron chi connectivity index (χ3n) is 4.49. The lowest BCUT2D eigenvalue weighted by molar-refractivity contribution is -0.116. The summed E-state index contributed by atoms with van der Waals surface area (Å²) < 4.78 is 5.04. The van der Waals surface area contributed by atoms with Crippen LogP contribution < -0.4 is 15.5 Å². The van der Waals surface area contributed by atoms with Crippen molar-refractivity contribution in [3.63, 3.8) is 0 Å². The predicted molar refractivity (Wildman–Crippen MR) is 95.6 cm³/mol. The minimum Gasteiger partial charge on any atom is -0.450 e. The molecule has 136 valence electrons. The van der Waals surface area contributed by atoms with Gasteiger partial charge in [-0.15, -0.1) is 0 Å². The SMILES string of the molecule is CCOC(=O)N1CCN(c2nc(N(C(C)=O)C3CC3)ccc2N)CC1. The van der Waals surface area contributed by atoms with E-state index in [-0.39, 0.29) is 18.0 Å². The number of nitrogens with zero attached hydrogens (tertiary/aromatic N) is 4. The van der Waals surface area contributed by atoms with Crippen LogP contribution in [0.15, 0.2) is 12.1 Å². The number of carbonyl (C=O) groups excluding carboxylic acids is 2. The molecule has 1 aliphatic carbocycles. The van der Waals surface area contributed by atoms with E-state index < -0.39 is 0 Å². The van der Waals surface area contributed by atoms with E-state index >= 15 is 0 Å². The van der Waals surface area contributed by atoms with Gasteiger partial charge in [-0.3, -0.25) is 9.69 Å². The Morgan fingerprint density at radius 3 is 2.52 bits per heavy atom. The van der Waals surface area contributed by atoms with Crippen LogP contribution >= 0.6 is 0 Å². The number of aromatic nitrogens is 1. The molecule has 1 aromatic rings. The van der Waals surface area contributed by atoms with Gasteiger partial charge in [-0.25, -0.2) is 9.78 Å². The topological polar surface area (TPSA) is 92.0 Å². The summed E-state index contributed by atoms with van der Waals surface area (Å²) in [5, 5.41) is 0. The van der Waals surface area contributed by atoms with Crippen LogP contribution in [0.5, 0.6) is 0 Å². The van der Waals surface area contributed by atoms with Gasteiger partial charge in [-0.2, -0.15) is 0 Å². The highest BCUT2D eigenvalue weighted by molar-refractivity contribution is 5.92. The molecule has 0 bridgehead atoms. The second-order valence-electron chi connectivity index (χ2n) is 6.38. The van der Waals surface area contributed by atoms with E-state index in [1.165, 1.54) is 0 Å². The number of hydrogen-bond donors (Lipinski definition) is 1. The minimum absolute atomic E-state index is 0.00199. The monoisotopic (exact) mass is 347 g/mol. The van der Waals surface area contributed by atoms with Crippen molar-refractivity contribution in [2.75, 3.05) is 48.3 Å². The van der Waals surface area contributed by atoms with Crippen molar-refractivity contribution in [2.45, 2.75) is 32.7 Å². The molecule has 2 fully saturated rings. The maximum absolute atomic E-state index is 12.0. The first-order chi connectivity index (χ1) is 12.0. The van der Waals surface area contributed by atoms with E-state index in [9.17, 15) is 9.59 Å². The summed E-state index contributed by atoms with van der Waals surface area (Å²) in [5.41, 5.74) is 6.69. The Bertz CT molecular complexity index is 654. The van der Waals surface area contributed by atoms with Crippen LogP contribution in [0.1, 0.15) is 26.7 Å². The average molecular weight is 347 g/mol. The van der Waals surface area contributed by atoms with E-state index in [2.05, 4.69) is 9.88 Å². The van der Waals surface area contributed by atoms with Crippen LogP contribution in [0, 0.1) is 0 Å². The Hall–Kier alpha value is -2.51. The van der Waals surface area contributed by atoms with Gasteiger partial charge in [-0.05, 0) is 31.9 Å². The molecule has 1 aromatic heterocycles. The van der Waals surface area contributed by atoms with Crippen LogP contribution in [0.2, 0.25) is 0 Å². The van der Waals surface area contributed by atoms with Crippen LogP contribution in [0.25, 0.3) is 0 Å². The van der Waals surface area contributed by atoms with Crippen molar-refractivity contribution >= 4 is 29.3 Å². The quantitative estimate of drug-likeness (QED) is 0.886. The molecule has 3 rings (SSSR count). The number of amides is 2. The fourth-order valence-corrected chi connectivity index (χ4v) is 3.09. The van der Waals surface area contributed by atoms with Gasteiger partial charge < -0.3 is 20.3 Å². The summed E-state index contributed by atoms with van der Waals surface area (Å²) in [6.45, 7) is 6.11. The molecule has 0 unspecified atom stereocenters. The molecule has 0 spiro atoms. The zero-order valence-electron chi connectivity index (χ0n) is 14.8. The summed E-state index contributed by atoms with van der Waals surface area (Å²) in [4.78, 5) is 33.9. The molecule has 0 radical (unpaired) electrons. The van der Waals surface area contributed by atoms with Gasteiger partial charge in [0.15, 0.2) is 5.82 Å². The Kier molecular flexibility index (Phi) is 4.96. The first-order valence-electron chi connectivity index (χ1n) is 8.74. The number of hydrogen-bond acceptors (Lipinski definition) is 6. The maximum atomic E-state index is 12.0. The summed E-state index contributed by atoms with van der Waals surface area (Å²) in [5.74, 6) is 1.32. The molecular weight excluding hydrogens is 322 g/mol. The second kappa shape index (κ2) is 7.16. The molecule has 25 heavy (non-hydrogen) atoms. The number of carbonyl (C=O) groups is 2. The minimum atomic E-state index is -0.284. The molecule has 2 amide bonds. The standard InChI is InChI=1S/C17H25N5O3/c1-3-25-17(24)21-10-8-20(9-11-21)16-14(18)6-7-15(19-16)22(12(2)23)13-4-5-13/h6-7,13H,3-5,8-11,18H2,1-2H3. The van der Waals surface area contributed by atoms with Gasteiger partial charge in [0.25, 0.3) is 0 Å². The van der Waals surface area contributed by atoms with Crippen molar-refractivity contribution in [3.05, 3.63) is 12.1 Å². The van der Waals surface area contributed by atoms with Gasteiger partial charge in [0.2, 0.25) is 5.91 Å². The number of anilines is 3. The van der Waals surface area contributed by atoms with Gasteiger partial charge in [0, 0.05) is 39.1 Å². The highest BCUT2D eigenvalue weighted by Crippen LogP contribution is 2.33. The molecular formula is C17H25N5O3. The number of rotatable bonds is 4. The third-order valence-corrected chi connectivity index (χ3v) is 4.49. The van der Waals surface area contributed by atoms with Crippen LogP contribution in [-0.2, 0) is 9.53 Å². The molecule has 8 nitrogen and oxygen atoms in total. The lowest BCUT2D eigenvalue weighted by atomic mass is 10.2. The van der Waals surface area contributed by atoms with Crippen molar-refractivity contribution in [1.29, 1.82) is 0 Å². The van der Waals surface area contributed by atoms with Crippen LogP contribution in [0.4, 0.5) is 22.1 Å². The summed E-state index contributed by atoms with van der Waals surface area (Å²) in [7, 11) is 0. The molecule has 2 N–H and O–H groups in total. The van der Waals surface area contributed by atoms with Gasteiger partial charge in [0.1, 0.15) is 5.82 Å². The highest BCUT2D eigenvalue weighted by atomic mass is 16.6. The summed E-state index contributed by atoms with van der Waals surface area (Å²) in [6, 6.07) is 3.85.